The van der Waals surface area contributed by atoms with E-state index in [0.717, 1.165) is 11.1 Å². The van der Waals surface area contributed by atoms with E-state index in [1.165, 1.54) is 7.05 Å². The summed E-state index contributed by atoms with van der Waals surface area (Å²) in [5.41, 5.74) is 1.72. The Morgan fingerprint density at radius 3 is 2.37 bits per heavy atom. The standard InChI is InChI=1S/C20H23N3O4/c1-13(15-8-9-16-17(12-15)27-11-10-26-16)22-18(14-6-4-3-5-7-14)19(24)23-20(25)21-2/h3-9,12-13,18,22H,10-11H2,1-2H3,(H2,21,23,24,25)/t13-,18+/m1/s1. The lowest BCUT2D eigenvalue weighted by molar-refractivity contribution is -0.122. The molecule has 3 N–H and O–H groups in total. The van der Waals surface area contributed by atoms with Gasteiger partial charge in [-0.25, -0.2) is 4.79 Å². The lowest BCUT2D eigenvalue weighted by Gasteiger charge is -2.25. The quantitative estimate of drug-likeness (QED) is 0.753. The van der Waals surface area contributed by atoms with Crippen molar-refractivity contribution in [2.24, 2.45) is 0 Å². The maximum atomic E-state index is 12.6. The third-order valence-corrected chi connectivity index (χ3v) is 4.34. The molecule has 1 heterocycles. The van der Waals surface area contributed by atoms with Crippen molar-refractivity contribution in [2.75, 3.05) is 20.3 Å². The molecule has 0 unspecified atom stereocenters. The Morgan fingerprint density at radius 2 is 1.67 bits per heavy atom. The number of fused-ring (bicyclic) bond motifs is 1. The van der Waals surface area contributed by atoms with Crippen LogP contribution >= 0.6 is 0 Å². The monoisotopic (exact) mass is 369 g/mol. The van der Waals surface area contributed by atoms with Gasteiger partial charge < -0.3 is 14.8 Å². The number of amides is 3. The number of nitrogens with one attached hydrogen (secondary N) is 3. The number of rotatable bonds is 5. The van der Waals surface area contributed by atoms with Gasteiger partial charge in [0.25, 0.3) is 0 Å². The molecule has 0 saturated carbocycles. The Morgan fingerprint density at radius 1 is 0.963 bits per heavy atom. The SMILES string of the molecule is CNC(=O)NC(=O)[C@@H](N[C@H](C)c1ccc2c(c1)OCCO2)c1ccccc1. The molecule has 1 aliphatic heterocycles. The molecule has 2 aromatic rings. The maximum Gasteiger partial charge on any atom is 0.321 e. The molecule has 3 amide bonds. The number of hydrogen-bond acceptors (Lipinski definition) is 5. The van der Waals surface area contributed by atoms with Crippen molar-refractivity contribution < 1.29 is 19.1 Å². The summed E-state index contributed by atoms with van der Waals surface area (Å²) in [6.45, 7) is 3.00. The number of benzene rings is 2. The lowest BCUT2D eigenvalue weighted by atomic mass is 10.0. The summed E-state index contributed by atoms with van der Waals surface area (Å²) in [6, 6.07) is 13.6. The highest BCUT2D eigenvalue weighted by Gasteiger charge is 2.25. The largest absolute Gasteiger partial charge is 0.486 e. The van der Waals surface area contributed by atoms with Gasteiger partial charge in [0.2, 0.25) is 5.91 Å². The van der Waals surface area contributed by atoms with Gasteiger partial charge in [-0.3, -0.25) is 15.4 Å². The lowest BCUT2D eigenvalue weighted by Crippen LogP contribution is -2.44. The van der Waals surface area contributed by atoms with Crippen LogP contribution in [0.2, 0.25) is 0 Å². The number of imide groups is 1. The summed E-state index contributed by atoms with van der Waals surface area (Å²) < 4.78 is 11.2. The summed E-state index contributed by atoms with van der Waals surface area (Å²) in [6.07, 6.45) is 0. The van der Waals surface area contributed by atoms with Gasteiger partial charge in [0.05, 0.1) is 0 Å². The zero-order chi connectivity index (χ0) is 19.2. The van der Waals surface area contributed by atoms with Crippen molar-refractivity contribution in [3.63, 3.8) is 0 Å². The number of carbonyl (C=O) groups is 2. The topological polar surface area (TPSA) is 88.7 Å². The first kappa shape index (κ1) is 18.7. The Labute approximate surface area is 158 Å². The van der Waals surface area contributed by atoms with E-state index in [0.29, 0.717) is 24.7 Å². The molecule has 7 heteroatoms. The summed E-state index contributed by atoms with van der Waals surface area (Å²) >= 11 is 0. The van der Waals surface area contributed by atoms with Gasteiger partial charge in [-0.1, -0.05) is 36.4 Å². The molecule has 0 aliphatic carbocycles. The van der Waals surface area contributed by atoms with E-state index in [1.54, 1.807) is 0 Å². The number of carbonyl (C=O) groups excluding carboxylic acids is 2. The van der Waals surface area contributed by atoms with E-state index in [2.05, 4.69) is 16.0 Å². The predicted molar refractivity (Wildman–Crippen MR) is 101 cm³/mol. The highest BCUT2D eigenvalue weighted by Crippen LogP contribution is 2.33. The van der Waals surface area contributed by atoms with Crippen LogP contribution in [0.4, 0.5) is 4.79 Å². The van der Waals surface area contributed by atoms with Gasteiger partial charge in [0.15, 0.2) is 11.5 Å². The third-order valence-electron chi connectivity index (χ3n) is 4.34. The second kappa shape index (κ2) is 8.55. The fourth-order valence-corrected chi connectivity index (χ4v) is 2.89. The predicted octanol–water partition coefficient (Wildman–Crippen LogP) is 2.31. The van der Waals surface area contributed by atoms with E-state index in [1.807, 2.05) is 55.5 Å². The van der Waals surface area contributed by atoms with Crippen LogP contribution in [-0.4, -0.2) is 32.2 Å². The van der Waals surface area contributed by atoms with Crippen molar-refractivity contribution in [3.05, 3.63) is 59.7 Å². The molecule has 0 saturated heterocycles. The molecule has 7 nitrogen and oxygen atoms in total. The van der Waals surface area contributed by atoms with Crippen molar-refractivity contribution in [1.29, 1.82) is 0 Å². The van der Waals surface area contributed by atoms with Crippen LogP contribution in [0.25, 0.3) is 0 Å². The summed E-state index contributed by atoms with van der Waals surface area (Å²) in [5.74, 6) is 0.984. The maximum absolute atomic E-state index is 12.6. The van der Waals surface area contributed by atoms with Gasteiger partial charge in [-0.2, -0.15) is 0 Å². The Kier molecular flexibility index (Phi) is 5.93. The van der Waals surface area contributed by atoms with E-state index in [9.17, 15) is 9.59 Å². The van der Waals surface area contributed by atoms with Crippen LogP contribution in [0.1, 0.15) is 30.1 Å². The molecule has 3 rings (SSSR count). The summed E-state index contributed by atoms with van der Waals surface area (Å²) in [7, 11) is 1.46. The summed E-state index contributed by atoms with van der Waals surface area (Å²) in [4.78, 5) is 24.2. The Bertz CT molecular complexity index is 810. The summed E-state index contributed by atoms with van der Waals surface area (Å²) in [5, 5.41) is 8.03. The molecule has 27 heavy (non-hydrogen) atoms. The number of urea groups is 1. The van der Waals surface area contributed by atoms with Gasteiger partial charge >= 0.3 is 6.03 Å². The molecule has 0 fully saturated rings. The Balaban J connectivity index is 1.80. The first-order valence-corrected chi connectivity index (χ1v) is 8.81. The first-order chi connectivity index (χ1) is 13.1. The van der Waals surface area contributed by atoms with E-state index >= 15 is 0 Å². The third kappa shape index (κ3) is 4.57. The second-order valence-electron chi connectivity index (χ2n) is 6.20. The normalized spacial score (nSPS) is 14.7. The highest BCUT2D eigenvalue weighted by molar-refractivity contribution is 5.97. The van der Waals surface area contributed by atoms with Crippen molar-refractivity contribution in [2.45, 2.75) is 19.0 Å². The van der Waals surface area contributed by atoms with Gasteiger partial charge in [0, 0.05) is 13.1 Å². The molecule has 2 aromatic carbocycles. The molecule has 0 spiro atoms. The fourth-order valence-electron chi connectivity index (χ4n) is 2.89. The van der Waals surface area contributed by atoms with Gasteiger partial charge in [0.1, 0.15) is 19.3 Å². The van der Waals surface area contributed by atoms with E-state index in [4.69, 9.17) is 9.47 Å². The molecule has 0 radical (unpaired) electrons. The van der Waals surface area contributed by atoms with Crippen molar-refractivity contribution >= 4 is 11.9 Å². The second-order valence-corrected chi connectivity index (χ2v) is 6.20. The molecule has 1 aliphatic rings. The zero-order valence-corrected chi connectivity index (χ0v) is 15.3. The van der Waals surface area contributed by atoms with Crippen LogP contribution in [0.5, 0.6) is 11.5 Å². The minimum Gasteiger partial charge on any atom is -0.486 e. The molecular weight excluding hydrogens is 346 g/mol. The van der Waals surface area contributed by atoms with E-state index < -0.39 is 18.0 Å². The van der Waals surface area contributed by atoms with Crippen molar-refractivity contribution in [3.8, 4) is 11.5 Å². The van der Waals surface area contributed by atoms with Crippen LogP contribution in [0.3, 0.4) is 0 Å². The average Bonchev–Trinajstić information content (AvgIpc) is 2.71. The number of ether oxygens (including phenoxy) is 2. The van der Waals surface area contributed by atoms with Crippen LogP contribution < -0.4 is 25.4 Å². The highest BCUT2D eigenvalue weighted by atomic mass is 16.6. The minimum absolute atomic E-state index is 0.165. The van der Waals surface area contributed by atoms with Crippen LogP contribution in [-0.2, 0) is 4.79 Å². The van der Waals surface area contributed by atoms with E-state index in [-0.39, 0.29) is 6.04 Å². The van der Waals surface area contributed by atoms with Crippen LogP contribution in [0, 0.1) is 0 Å². The molecular formula is C20H23N3O4. The van der Waals surface area contributed by atoms with Crippen LogP contribution in [0.15, 0.2) is 48.5 Å². The molecule has 0 aromatic heterocycles. The fraction of sp³-hybridized carbons (Fsp3) is 0.300. The smallest absolute Gasteiger partial charge is 0.321 e. The minimum atomic E-state index is -0.688. The van der Waals surface area contributed by atoms with Gasteiger partial charge in [-0.05, 0) is 30.2 Å². The average molecular weight is 369 g/mol. The first-order valence-electron chi connectivity index (χ1n) is 8.81. The molecule has 142 valence electrons. The van der Waals surface area contributed by atoms with Crippen molar-refractivity contribution in [1.82, 2.24) is 16.0 Å². The molecule has 2 atom stereocenters. The Hall–Kier alpha value is -3.06. The number of hydrogen-bond donors (Lipinski definition) is 3. The van der Waals surface area contributed by atoms with Gasteiger partial charge in [-0.15, -0.1) is 0 Å². The molecule has 0 bridgehead atoms. The zero-order valence-electron chi connectivity index (χ0n) is 15.3.